The highest BCUT2D eigenvalue weighted by Gasteiger charge is 2.05. The van der Waals surface area contributed by atoms with E-state index in [-0.39, 0.29) is 11.6 Å². The van der Waals surface area contributed by atoms with E-state index in [0.717, 1.165) is 11.5 Å². The van der Waals surface area contributed by atoms with Crippen molar-refractivity contribution in [2.75, 3.05) is 6.61 Å². The average molecular weight is 187 g/mol. The van der Waals surface area contributed by atoms with Gasteiger partial charge in [0.2, 0.25) is 11.6 Å². The van der Waals surface area contributed by atoms with Gasteiger partial charge in [-0.05, 0) is 6.92 Å². The molecule has 7 heteroatoms. The molecule has 0 saturated carbocycles. The lowest BCUT2D eigenvalue weighted by Gasteiger charge is -1.93. The average Bonchev–Trinajstić information content (AvgIpc) is 2.32. The van der Waals surface area contributed by atoms with Crippen LogP contribution in [0.1, 0.15) is 6.92 Å². The second-order valence-electron chi connectivity index (χ2n) is 1.91. The fourth-order valence-corrected chi connectivity index (χ4v) is 1.30. The molecule has 1 heterocycles. The van der Waals surface area contributed by atoms with Crippen LogP contribution in [-0.4, -0.2) is 21.5 Å². The Morgan fingerprint density at radius 3 is 2.92 bits per heavy atom. The maximum Gasteiger partial charge on any atom is 0.293 e. The molecule has 1 aromatic heterocycles. The summed E-state index contributed by atoms with van der Waals surface area (Å²) in [5, 5.41) is 14.7. The van der Waals surface area contributed by atoms with Gasteiger partial charge in [-0.25, -0.2) is 0 Å². The fourth-order valence-electron chi connectivity index (χ4n) is 0.619. The summed E-state index contributed by atoms with van der Waals surface area (Å²) in [6.45, 7) is 2.31. The van der Waals surface area contributed by atoms with Gasteiger partial charge in [0.05, 0.1) is 6.61 Å². The van der Waals surface area contributed by atoms with Crippen LogP contribution >= 0.6 is 11.5 Å². The van der Waals surface area contributed by atoms with Crippen LogP contribution in [-0.2, 0) is 0 Å². The fraction of sp³-hybridized carbons (Fsp3) is 0.400. The Bertz CT molecular complexity index is 340. The third-order valence-corrected chi connectivity index (χ3v) is 1.96. The largest absolute Gasteiger partial charge is 0.469 e. The minimum absolute atomic E-state index is 0.0732. The Balaban J connectivity index is 3.01. The summed E-state index contributed by atoms with van der Waals surface area (Å²) in [4.78, 5) is 3.73. The summed E-state index contributed by atoms with van der Waals surface area (Å²) in [6, 6.07) is 0. The van der Waals surface area contributed by atoms with Gasteiger partial charge in [0.1, 0.15) is 0 Å². The van der Waals surface area contributed by atoms with Crippen molar-refractivity contribution < 1.29 is 4.74 Å². The van der Waals surface area contributed by atoms with Gasteiger partial charge in [0.15, 0.2) is 0 Å². The number of hydrogen-bond donors (Lipinski definition) is 3. The molecule has 0 atom stereocenters. The molecule has 1 aromatic rings. The first-order valence-corrected chi connectivity index (χ1v) is 4.04. The summed E-state index contributed by atoms with van der Waals surface area (Å²) < 4.78 is 6.20. The molecule has 0 saturated heterocycles. The van der Waals surface area contributed by atoms with Crippen LogP contribution in [0.2, 0.25) is 0 Å². The van der Waals surface area contributed by atoms with Crippen LogP contribution in [0.3, 0.4) is 0 Å². The van der Waals surface area contributed by atoms with Gasteiger partial charge in [-0.2, -0.15) is 8.94 Å². The van der Waals surface area contributed by atoms with E-state index in [2.05, 4.69) is 4.98 Å². The first-order valence-electron chi connectivity index (χ1n) is 3.27. The van der Waals surface area contributed by atoms with Gasteiger partial charge in [-0.15, -0.1) is 0 Å². The van der Waals surface area contributed by atoms with Gasteiger partial charge in [0, 0.05) is 11.5 Å². The number of aromatic nitrogens is 2. The molecule has 0 bridgehead atoms. The summed E-state index contributed by atoms with van der Waals surface area (Å²) in [7, 11) is 0. The summed E-state index contributed by atoms with van der Waals surface area (Å²) in [5.74, 6) is -0.219. The van der Waals surface area contributed by atoms with E-state index in [9.17, 15) is 0 Å². The quantitative estimate of drug-likeness (QED) is 0.432. The molecule has 66 valence electrons. The highest BCUT2D eigenvalue weighted by atomic mass is 32.1. The number of nitrogens with one attached hydrogen (secondary N) is 2. The van der Waals surface area contributed by atoms with Crippen LogP contribution in [0.4, 0.5) is 0 Å². The minimum Gasteiger partial charge on any atom is -0.469 e. The van der Waals surface area contributed by atoms with Crippen LogP contribution in [0.15, 0.2) is 0 Å². The number of nitrogens with two attached hydrogens (primary N) is 1. The maximum absolute atomic E-state index is 7.26. The molecule has 0 radical (unpaired) electrons. The first kappa shape index (κ1) is 8.72. The zero-order chi connectivity index (χ0) is 9.14. The molecular weight excluding hydrogens is 178 g/mol. The predicted molar refractivity (Wildman–Crippen MR) is 44.4 cm³/mol. The van der Waals surface area contributed by atoms with Crippen molar-refractivity contribution in [3.8, 4) is 5.19 Å². The van der Waals surface area contributed by atoms with Crippen molar-refractivity contribution in [2.24, 2.45) is 5.73 Å². The van der Waals surface area contributed by atoms with Gasteiger partial charge < -0.3 is 10.5 Å². The Kier molecular flexibility index (Phi) is 2.44. The Labute approximate surface area is 72.8 Å². The highest BCUT2D eigenvalue weighted by Crippen LogP contribution is 2.09. The van der Waals surface area contributed by atoms with Gasteiger partial charge in [-0.3, -0.25) is 10.8 Å². The van der Waals surface area contributed by atoms with E-state index in [1.165, 1.54) is 3.96 Å². The molecule has 6 nitrogen and oxygen atoms in total. The molecular formula is C5H9N5OS. The SMILES string of the molecule is CCOc1nc(=N)n(C(=N)N)s1. The van der Waals surface area contributed by atoms with Crippen LogP contribution in [0.5, 0.6) is 5.19 Å². The molecule has 0 aliphatic heterocycles. The Morgan fingerprint density at radius 1 is 1.83 bits per heavy atom. The van der Waals surface area contributed by atoms with Gasteiger partial charge in [-0.1, -0.05) is 0 Å². The Morgan fingerprint density at radius 2 is 2.50 bits per heavy atom. The molecule has 12 heavy (non-hydrogen) atoms. The standard InChI is InChI=1S/C5H9N5OS/c1-2-11-5-9-4(8)10(12-5)3(6)7/h8H,2H2,1H3,(H3,6,7). The van der Waals surface area contributed by atoms with Gasteiger partial charge >= 0.3 is 0 Å². The van der Waals surface area contributed by atoms with Crippen LogP contribution < -0.4 is 16.1 Å². The van der Waals surface area contributed by atoms with Crippen LogP contribution in [0.25, 0.3) is 0 Å². The molecule has 4 N–H and O–H groups in total. The second-order valence-corrected chi connectivity index (χ2v) is 2.80. The zero-order valence-corrected chi connectivity index (χ0v) is 7.31. The predicted octanol–water partition coefficient (Wildman–Crippen LogP) is -0.436. The minimum atomic E-state index is -0.219. The van der Waals surface area contributed by atoms with Crippen molar-refractivity contribution >= 4 is 17.5 Å². The van der Waals surface area contributed by atoms with Crippen molar-refractivity contribution in [3.05, 3.63) is 5.62 Å². The molecule has 0 aliphatic rings. The summed E-state index contributed by atoms with van der Waals surface area (Å²) in [5.41, 5.74) is 5.09. The van der Waals surface area contributed by atoms with E-state index >= 15 is 0 Å². The topological polar surface area (TPSA) is 101 Å². The second kappa shape index (κ2) is 3.35. The van der Waals surface area contributed by atoms with Gasteiger partial charge in [0.25, 0.3) is 5.19 Å². The van der Waals surface area contributed by atoms with Crippen molar-refractivity contribution in [1.29, 1.82) is 10.8 Å². The monoisotopic (exact) mass is 187 g/mol. The van der Waals surface area contributed by atoms with Crippen molar-refractivity contribution in [2.45, 2.75) is 6.92 Å². The normalized spacial score (nSPS) is 9.75. The number of rotatable bonds is 2. The molecule has 0 spiro atoms. The number of hydrogen-bond acceptors (Lipinski definition) is 5. The third kappa shape index (κ3) is 1.62. The van der Waals surface area contributed by atoms with Crippen LogP contribution in [0, 0.1) is 10.8 Å². The molecule has 0 fully saturated rings. The molecule has 0 aliphatic carbocycles. The van der Waals surface area contributed by atoms with E-state index < -0.39 is 0 Å². The van der Waals surface area contributed by atoms with E-state index in [1.807, 2.05) is 6.92 Å². The number of nitrogens with zero attached hydrogens (tertiary/aromatic N) is 2. The molecule has 1 rings (SSSR count). The lowest BCUT2D eigenvalue weighted by Crippen LogP contribution is -2.28. The summed E-state index contributed by atoms with van der Waals surface area (Å²) in [6.07, 6.45) is 0. The Hall–Kier alpha value is -1.37. The summed E-state index contributed by atoms with van der Waals surface area (Å²) >= 11 is 1.04. The van der Waals surface area contributed by atoms with E-state index in [4.69, 9.17) is 21.3 Å². The maximum atomic E-state index is 7.26. The highest BCUT2D eigenvalue weighted by molar-refractivity contribution is 7.09. The lowest BCUT2D eigenvalue weighted by molar-refractivity contribution is 0.337. The molecule has 0 amide bonds. The smallest absolute Gasteiger partial charge is 0.293 e. The zero-order valence-electron chi connectivity index (χ0n) is 6.50. The third-order valence-electron chi connectivity index (χ3n) is 1.05. The number of nitrogen functional groups attached to an aromatic ring is 1. The molecule has 0 aromatic carbocycles. The van der Waals surface area contributed by atoms with E-state index in [0.29, 0.717) is 11.8 Å². The van der Waals surface area contributed by atoms with Crippen molar-refractivity contribution in [1.82, 2.24) is 8.94 Å². The van der Waals surface area contributed by atoms with E-state index in [1.54, 1.807) is 0 Å². The van der Waals surface area contributed by atoms with Crippen molar-refractivity contribution in [3.63, 3.8) is 0 Å². The lowest BCUT2D eigenvalue weighted by atomic mass is 10.9. The molecule has 0 unspecified atom stereocenters. The number of ether oxygens (including phenoxy) is 1. The first-order chi connectivity index (χ1) is 5.65.